The molecule has 0 spiro atoms. The Labute approximate surface area is 125 Å². The number of halogens is 1. The SMILES string of the molecule is Cc1ncsc1-c1ccnc(Nc2cccc(Cl)c2)n1. The van der Waals surface area contributed by atoms with Gasteiger partial charge in [0.05, 0.1) is 21.8 Å². The maximum Gasteiger partial charge on any atom is 0.227 e. The van der Waals surface area contributed by atoms with Crippen LogP contribution in [0.5, 0.6) is 0 Å². The fraction of sp³-hybridized carbons (Fsp3) is 0.0714. The minimum Gasteiger partial charge on any atom is -0.324 e. The summed E-state index contributed by atoms with van der Waals surface area (Å²) in [5.74, 6) is 0.539. The zero-order valence-electron chi connectivity index (χ0n) is 10.7. The molecule has 0 bridgehead atoms. The summed E-state index contributed by atoms with van der Waals surface area (Å²) in [7, 11) is 0. The van der Waals surface area contributed by atoms with Crippen molar-refractivity contribution < 1.29 is 0 Å². The molecule has 3 aromatic rings. The van der Waals surface area contributed by atoms with Crippen molar-refractivity contribution in [3.05, 3.63) is 52.8 Å². The van der Waals surface area contributed by atoms with Gasteiger partial charge >= 0.3 is 0 Å². The lowest BCUT2D eigenvalue weighted by Crippen LogP contribution is -1.97. The number of thiazole rings is 1. The van der Waals surface area contributed by atoms with E-state index in [-0.39, 0.29) is 0 Å². The van der Waals surface area contributed by atoms with Gasteiger partial charge in [-0.2, -0.15) is 0 Å². The molecule has 6 heteroatoms. The standard InChI is InChI=1S/C14H11ClN4S/c1-9-13(20-8-17-9)12-5-6-16-14(19-12)18-11-4-2-3-10(15)7-11/h2-8H,1H3,(H,16,18,19). The topological polar surface area (TPSA) is 50.7 Å². The fourth-order valence-electron chi connectivity index (χ4n) is 1.79. The third-order valence-electron chi connectivity index (χ3n) is 2.71. The number of nitrogens with one attached hydrogen (secondary N) is 1. The lowest BCUT2D eigenvalue weighted by Gasteiger charge is -2.06. The van der Waals surface area contributed by atoms with Gasteiger partial charge in [0.2, 0.25) is 5.95 Å². The highest BCUT2D eigenvalue weighted by molar-refractivity contribution is 7.13. The van der Waals surface area contributed by atoms with Crippen molar-refractivity contribution in [2.75, 3.05) is 5.32 Å². The molecule has 0 unspecified atom stereocenters. The average Bonchev–Trinajstić information content (AvgIpc) is 2.85. The van der Waals surface area contributed by atoms with Crippen LogP contribution in [0.2, 0.25) is 5.02 Å². The first-order chi connectivity index (χ1) is 9.72. The van der Waals surface area contributed by atoms with E-state index in [2.05, 4.69) is 20.3 Å². The van der Waals surface area contributed by atoms with Crippen molar-refractivity contribution in [1.29, 1.82) is 0 Å². The summed E-state index contributed by atoms with van der Waals surface area (Å²) >= 11 is 7.53. The molecule has 20 heavy (non-hydrogen) atoms. The van der Waals surface area contributed by atoms with E-state index >= 15 is 0 Å². The molecule has 3 rings (SSSR count). The second-order valence-corrected chi connectivity index (χ2v) is 5.46. The molecule has 100 valence electrons. The van der Waals surface area contributed by atoms with Gasteiger partial charge in [0.1, 0.15) is 0 Å². The number of rotatable bonds is 3. The predicted molar refractivity (Wildman–Crippen MR) is 82.6 cm³/mol. The van der Waals surface area contributed by atoms with Crippen molar-refractivity contribution in [3.8, 4) is 10.6 Å². The third kappa shape index (κ3) is 2.79. The van der Waals surface area contributed by atoms with Gasteiger partial charge in [-0.3, -0.25) is 0 Å². The number of hydrogen-bond acceptors (Lipinski definition) is 5. The Hall–Kier alpha value is -1.98. The average molecular weight is 303 g/mol. The molecule has 1 aromatic carbocycles. The van der Waals surface area contributed by atoms with Gasteiger partial charge in [-0.15, -0.1) is 11.3 Å². The van der Waals surface area contributed by atoms with Crippen LogP contribution in [-0.2, 0) is 0 Å². The number of aryl methyl sites for hydroxylation is 1. The van der Waals surface area contributed by atoms with Gasteiger partial charge in [-0.1, -0.05) is 17.7 Å². The maximum atomic E-state index is 5.96. The minimum absolute atomic E-state index is 0.539. The third-order valence-corrected chi connectivity index (χ3v) is 3.90. The monoisotopic (exact) mass is 302 g/mol. The summed E-state index contributed by atoms with van der Waals surface area (Å²) < 4.78 is 0. The van der Waals surface area contributed by atoms with E-state index in [0.29, 0.717) is 11.0 Å². The van der Waals surface area contributed by atoms with E-state index in [1.54, 1.807) is 17.5 Å². The van der Waals surface area contributed by atoms with Crippen LogP contribution in [0.1, 0.15) is 5.69 Å². The highest BCUT2D eigenvalue weighted by Crippen LogP contribution is 2.26. The van der Waals surface area contributed by atoms with Crippen LogP contribution >= 0.6 is 22.9 Å². The molecule has 2 aromatic heterocycles. The van der Waals surface area contributed by atoms with Crippen LogP contribution in [0.4, 0.5) is 11.6 Å². The van der Waals surface area contributed by atoms with Crippen LogP contribution in [0.15, 0.2) is 42.0 Å². The Kier molecular flexibility index (Phi) is 3.62. The summed E-state index contributed by atoms with van der Waals surface area (Å²) in [5, 5.41) is 3.81. The Morgan fingerprint density at radius 1 is 1.20 bits per heavy atom. The highest BCUT2D eigenvalue weighted by Gasteiger charge is 2.07. The first-order valence-corrected chi connectivity index (χ1v) is 7.24. The van der Waals surface area contributed by atoms with Gasteiger partial charge in [0, 0.05) is 16.9 Å². The summed E-state index contributed by atoms with van der Waals surface area (Å²) in [6.45, 7) is 1.97. The van der Waals surface area contributed by atoms with Crippen molar-refractivity contribution in [1.82, 2.24) is 15.0 Å². The lowest BCUT2D eigenvalue weighted by atomic mass is 10.3. The molecule has 0 fully saturated rings. The summed E-state index contributed by atoms with van der Waals surface area (Å²) in [4.78, 5) is 14.0. The van der Waals surface area contributed by atoms with Gasteiger partial charge in [-0.05, 0) is 31.2 Å². The molecule has 0 amide bonds. The first kappa shape index (κ1) is 13.0. The number of anilines is 2. The van der Waals surface area contributed by atoms with Crippen molar-refractivity contribution >= 4 is 34.6 Å². The number of aromatic nitrogens is 3. The molecule has 0 aliphatic rings. The molecule has 0 saturated heterocycles. The second kappa shape index (κ2) is 5.56. The number of hydrogen-bond donors (Lipinski definition) is 1. The summed E-state index contributed by atoms with van der Waals surface area (Å²) in [5.41, 5.74) is 4.51. The molecule has 4 nitrogen and oxygen atoms in total. The van der Waals surface area contributed by atoms with Crippen LogP contribution < -0.4 is 5.32 Å². The Balaban J connectivity index is 1.90. The fourth-order valence-corrected chi connectivity index (χ4v) is 2.75. The Morgan fingerprint density at radius 2 is 2.10 bits per heavy atom. The molecule has 1 N–H and O–H groups in total. The molecule has 0 saturated carbocycles. The molecule has 0 aliphatic heterocycles. The van der Waals surface area contributed by atoms with Gasteiger partial charge < -0.3 is 5.32 Å². The molecular formula is C14H11ClN4S. The van der Waals surface area contributed by atoms with Crippen molar-refractivity contribution in [2.45, 2.75) is 6.92 Å². The Bertz CT molecular complexity index is 741. The van der Waals surface area contributed by atoms with Crippen LogP contribution in [-0.4, -0.2) is 15.0 Å². The molecular weight excluding hydrogens is 292 g/mol. The molecule has 0 atom stereocenters. The van der Waals surface area contributed by atoms with Gasteiger partial charge in [-0.25, -0.2) is 15.0 Å². The van der Waals surface area contributed by atoms with Gasteiger partial charge in [0.15, 0.2) is 0 Å². The highest BCUT2D eigenvalue weighted by atomic mass is 35.5. The van der Waals surface area contributed by atoms with E-state index in [1.165, 1.54) is 0 Å². The first-order valence-electron chi connectivity index (χ1n) is 5.98. The zero-order valence-corrected chi connectivity index (χ0v) is 12.2. The molecule has 0 aliphatic carbocycles. The van der Waals surface area contributed by atoms with Crippen LogP contribution in [0.25, 0.3) is 10.6 Å². The lowest BCUT2D eigenvalue weighted by molar-refractivity contribution is 1.16. The van der Waals surface area contributed by atoms with E-state index < -0.39 is 0 Å². The zero-order chi connectivity index (χ0) is 13.9. The van der Waals surface area contributed by atoms with Crippen LogP contribution in [0, 0.1) is 6.92 Å². The second-order valence-electron chi connectivity index (χ2n) is 4.17. The summed E-state index contributed by atoms with van der Waals surface area (Å²) in [6, 6.07) is 9.33. The van der Waals surface area contributed by atoms with E-state index in [1.807, 2.05) is 42.8 Å². The number of benzene rings is 1. The number of nitrogens with zero attached hydrogens (tertiary/aromatic N) is 3. The van der Waals surface area contributed by atoms with Crippen molar-refractivity contribution in [2.24, 2.45) is 0 Å². The van der Waals surface area contributed by atoms with Crippen molar-refractivity contribution in [3.63, 3.8) is 0 Å². The quantitative estimate of drug-likeness (QED) is 0.783. The minimum atomic E-state index is 0.539. The Morgan fingerprint density at radius 3 is 2.85 bits per heavy atom. The van der Waals surface area contributed by atoms with E-state index in [9.17, 15) is 0 Å². The van der Waals surface area contributed by atoms with Gasteiger partial charge in [0.25, 0.3) is 0 Å². The summed E-state index contributed by atoms with van der Waals surface area (Å²) in [6.07, 6.45) is 1.73. The molecule has 0 radical (unpaired) electrons. The largest absolute Gasteiger partial charge is 0.324 e. The smallest absolute Gasteiger partial charge is 0.227 e. The van der Waals surface area contributed by atoms with E-state index in [0.717, 1.165) is 22.0 Å². The van der Waals surface area contributed by atoms with Crippen LogP contribution in [0.3, 0.4) is 0 Å². The molecule has 2 heterocycles. The maximum absolute atomic E-state index is 5.96. The predicted octanol–water partition coefficient (Wildman–Crippen LogP) is 4.31. The normalized spacial score (nSPS) is 10.5. The van der Waals surface area contributed by atoms with E-state index in [4.69, 9.17) is 11.6 Å².